The summed E-state index contributed by atoms with van der Waals surface area (Å²) in [5, 5.41) is 2.22. The average Bonchev–Trinajstić information content (AvgIpc) is 2.64. The van der Waals surface area contributed by atoms with E-state index in [0.717, 1.165) is 33.5 Å². The first kappa shape index (κ1) is 15.5. The molecule has 1 aliphatic heterocycles. The molecule has 4 heteroatoms. The van der Waals surface area contributed by atoms with Crippen LogP contribution >= 0.6 is 0 Å². The van der Waals surface area contributed by atoms with E-state index in [1.54, 1.807) is 4.90 Å². The first-order valence-electron chi connectivity index (χ1n) is 8.37. The fraction of sp³-hybridized carbons (Fsp3) is 0.190. The topological polar surface area (TPSA) is 38.8 Å². The van der Waals surface area contributed by atoms with Gasteiger partial charge >= 0.3 is 0 Å². The summed E-state index contributed by atoms with van der Waals surface area (Å²) in [6.07, 6.45) is 0. The number of carbonyl (C=O) groups excluding carboxylic acids is 1. The molecule has 0 unspecified atom stereocenters. The predicted molar refractivity (Wildman–Crippen MR) is 98.5 cm³/mol. The molecule has 0 N–H and O–H groups in total. The molecule has 0 aliphatic carbocycles. The van der Waals surface area contributed by atoms with Gasteiger partial charge in [-0.3, -0.25) is 4.79 Å². The van der Waals surface area contributed by atoms with Crippen LogP contribution < -0.4 is 14.4 Å². The lowest BCUT2D eigenvalue weighted by Crippen LogP contribution is -2.41. The Bertz CT molecular complexity index is 930. The summed E-state index contributed by atoms with van der Waals surface area (Å²) < 4.78 is 11.5. The van der Waals surface area contributed by atoms with Crippen LogP contribution in [0.15, 0.2) is 60.7 Å². The van der Waals surface area contributed by atoms with E-state index < -0.39 is 0 Å². The van der Waals surface area contributed by atoms with Gasteiger partial charge < -0.3 is 14.4 Å². The minimum Gasteiger partial charge on any atom is -0.491 e. The van der Waals surface area contributed by atoms with Gasteiger partial charge in [-0.1, -0.05) is 42.5 Å². The summed E-state index contributed by atoms with van der Waals surface area (Å²) in [5.41, 5.74) is 1.91. The van der Waals surface area contributed by atoms with Crippen molar-refractivity contribution < 1.29 is 14.3 Å². The predicted octanol–water partition coefficient (Wildman–Crippen LogP) is 3.95. The Labute approximate surface area is 146 Å². The molecular formula is C21H19NO3. The number of hydrogen-bond acceptors (Lipinski definition) is 3. The van der Waals surface area contributed by atoms with E-state index in [0.29, 0.717) is 13.2 Å². The van der Waals surface area contributed by atoms with E-state index in [1.807, 2.05) is 55.5 Å². The lowest BCUT2D eigenvalue weighted by molar-refractivity contribution is -0.121. The number of anilines is 1. The Kier molecular flexibility index (Phi) is 4.02. The summed E-state index contributed by atoms with van der Waals surface area (Å²) in [6.45, 7) is 2.99. The molecule has 25 heavy (non-hydrogen) atoms. The van der Waals surface area contributed by atoms with Crippen LogP contribution in [-0.2, 0) is 4.79 Å². The normalized spacial score (nSPS) is 13.5. The molecule has 1 heterocycles. The summed E-state index contributed by atoms with van der Waals surface area (Å²) in [5.74, 6) is 1.54. The lowest BCUT2D eigenvalue weighted by atomic mass is 10.1. The van der Waals surface area contributed by atoms with E-state index in [2.05, 4.69) is 12.1 Å². The van der Waals surface area contributed by atoms with Crippen molar-refractivity contribution in [2.45, 2.75) is 6.92 Å². The molecule has 0 atom stereocenters. The molecule has 0 radical (unpaired) electrons. The van der Waals surface area contributed by atoms with Crippen molar-refractivity contribution in [1.29, 1.82) is 0 Å². The Morgan fingerprint density at radius 2 is 1.92 bits per heavy atom. The van der Waals surface area contributed by atoms with Gasteiger partial charge in [0.05, 0.1) is 12.2 Å². The summed E-state index contributed by atoms with van der Waals surface area (Å²) in [6, 6.07) is 20.0. The maximum absolute atomic E-state index is 12.3. The van der Waals surface area contributed by atoms with Gasteiger partial charge in [-0.05, 0) is 36.1 Å². The van der Waals surface area contributed by atoms with Crippen molar-refractivity contribution in [3.8, 4) is 11.5 Å². The highest BCUT2D eigenvalue weighted by molar-refractivity contribution is 5.98. The van der Waals surface area contributed by atoms with E-state index in [-0.39, 0.29) is 12.5 Å². The molecule has 0 saturated heterocycles. The van der Waals surface area contributed by atoms with Crippen LogP contribution in [0.3, 0.4) is 0 Å². The van der Waals surface area contributed by atoms with Crippen LogP contribution in [0.5, 0.6) is 11.5 Å². The summed E-state index contributed by atoms with van der Waals surface area (Å²) >= 11 is 0. The molecule has 1 amide bonds. The number of nitrogens with zero attached hydrogens (tertiary/aromatic N) is 1. The summed E-state index contributed by atoms with van der Waals surface area (Å²) in [4.78, 5) is 14.0. The number of fused-ring (bicyclic) bond motifs is 2. The molecule has 0 spiro atoms. The van der Waals surface area contributed by atoms with Gasteiger partial charge in [0.25, 0.3) is 5.91 Å². The van der Waals surface area contributed by atoms with Crippen molar-refractivity contribution in [3.63, 3.8) is 0 Å². The zero-order valence-electron chi connectivity index (χ0n) is 14.1. The van der Waals surface area contributed by atoms with E-state index in [9.17, 15) is 4.79 Å². The van der Waals surface area contributed by atoms with E-state index in [4.69, 9.17) is 9.47 Å². The van der Waals surface area contributed by atoms with Crippen LogP contribution in [0.4, 0.5) is 5.69 Å². The molecule has 0 fully saturated rings. The van der Waals surface area contributed by atoms with Crippen LogP contribution in [0, 0.1) is 6.92 Å². The van der Waals surface area contributed by atoms with Crippen molar-refractivity contribution in [3.05, 3.63) is 66.2 Å². The molecule has 1 aliphatic rings. The number of carbonyl (C=O) groups is 1. The van der Waals surface area contributed by atoms with Gasteiger partial charge in [-0.2, -0.15) is 0 Å². The van der Waals surface area contributed by atoms with Crippen molar-refractivity contribution in [2.24, 2.45) is 0 Å². The number of rotatable bonds is 4. The largest absolute Gasteiger partial charge is 0.491 e. The first-order valence-corrected chi connectivity index (χ1v) is 8.37. The Hall–Kier alpha value is -3.01. The third-order valence-corrected chi connectivity index (χ3v) is 4.38. The second-order valence-electron chi connectivity index (χ2n) is 6.13. The maximum atomic E-state index is 12.3. The molecule has 0 bridgehead atoms. The Morgan fingerprint density at radius 1 is 1.08 bits per heavy atom. The molecule has 0 saturated carbocycles. The third kappa shape index (κ3) is 3.03. The molecule has 4 nitrogen and oxygen atoms in total. The zero-order chi connectivity index (χ0) is 17.2. The minimum absolute atomic E-state index is 0.0420. The molecule has 0 aromatic heterocycles. The van der Waals surface area contributed by atoms with Crippen molar-refractivity contribution in [1.82, 2.24) is 0 Å². The highest BCUT2D eigenvalue weighted by Crippen LogP contribution is 2.33. The van der Waals surface area contributed by atoms with Gasteiger partial charge in [-0.25, -0.2) is 0 Å². The van der Waals surface area contributed by atoms with E-state index in [1.165, 1.54) is 0 Å². The highest BCUT2D eigenvalue weighted by Gasteiger charge is 2.25. The zero-order valence-corrected chi connectivity index (χ0v) is 14.1. The van der Waals surface area contributed by atoms with Gasteiger partial charge in [0, 0.05) is 5.39 Å². The Balaban J connectivity index is 1.52. The third-order valence-electron chi connectivity index (χ3n) is 4.38. The fourth-order valence-electron chi connectivity index (χ4n) is 3.13. The molecule has 126 valence electrons. The van der Waals surface area contributed by atoms with Gasteiger partial charge in [0.2, 0.25) is 0 Å². The average molecular weight is 333 g/mol. The van der Waals surface area contributed by atoms with Gasteiger partial charge in [-0.15, -0.1) is 0 Å². The Morgan fingerprint density at radius 3 is 2.84 bits per heavy atom. The minimum atomic E-state index is -0.0420. The molecule has 4 rings (SSSR count). The van der Waals surface area contributed by atoms with Crippen LogP contribution in [-0.4, -0.2) is 25.7 Å². The maximum Gasteiger partial charge on any atom is 0.265 e. The number of benzene rings is 3. The number of aryl methyl sites for hydroxylation is 1. The number of ether oxygens (including phenoxy) is 2. The highest BCUT2D eigenvalue weighted by atomic mass is 16.5. The quantitative estimate of drug-likeness (QED) is 0.725. The van der Waals surface area contributed by atoms with Gasteiger partial charge in [0.15, 0.2) is 6.61 Å². The monoisotopic (exact) mass is 333 g/mol. The van der Waals surface area contributed by atoms with Crippen LogP contribution in [0.1, 0.15) is 5.56 Å². The SMILES string of the molecule is Cc1ccc2c(c1)N(CCOc1cccc3ccccc13)C(=O)CO2. The first-order chi connectivity index (χ1) is 12.2. The van der Waals surface area contributed by atoms with Crippen molar-refractivity contribution >= 4 is 22.4 Å². The molecular weight excluding hydrogens is 314 g/mol. The fourth-order valence-corrected chi connectivity index (χ4v) is 3.13. The number of amides is 1. The standard InChI is InChI=1S/C21H19NO3/c1-15-9-10-20-18(13-15)22(21(23)14-25-20)11-12-24-19-8-4-6-16-5-2-3-7-17(16)19/h2-10,13H,11-12,14H2,1H3. The molecule has 3 aromatic rings. The van der Waals surface area contributed by atoms with Crippen molar-refractivity contribution in [2.75, 3.05) is 24.7 Å². The van der Waals surface area contributed by atoms with Crippen LogP contribution in [0.25, 0.3) is 10.8 Å². The van der Waals surface area contributed by atoms with Crippen LogP contribution in [0.2, 0.25) is 0 Å². The van der Waals surface area contributed by atoms with E-state index >= 15 is 0 Å². The summed E-state index contributed by atoms with van der Waals surface area (Å²) in [7, 11) is 0. The molecule has 3 aromatic carbocycles. The van der Waals surface area contributed by atoms with Gasteiger partial charge in [0.1, 0.15) is 18.1 Å². The second kappa shape index (κ2) is 6.48. The smallest absolute Gasteiger partial charge is 0.265 e. The number of hydrogen-bond donors (Lipinski definition) is 0. The second-order valence-corrected chi connectivity index (χ2v) is 6.13. The lowest BCUT2D eigenvalue weighted by Gasteiger charge is -2.29.